The Morgan fingerprint density at radius 2 is 1.88 bits per heavy atom. The maximum atomic E-state index is 6.24. The highest BCUT2D eigenvalue weighted by atomic mass is 16.5. The van der Waals surface area contributed by atoms with Crippen LogP contribution in [0.25, 0.3) is 0 Å². The molecule has 1 aliphatic rings. The van der Waals surface area contributed by atoms with Crippen molar-refractivity contribution in [3.63, 3.8) is 0 Å². The molecule has 3 nitrogen and oxygen atoms in total. The van der Waals surface area contributed by atoms with Gasteiger partial charge in [-0.2, -0.15) is 0 Å². The zero-order chi connectivity index (χ0) is 12.4. The first-order valence-corrected chi connectivity index (χ1v) is 6.24. The van der Waals surface area contributed by atoms with Crippen molar-refractivity contribution in [1.29, 1.82) is 0 Å². The molecule has 0 aromatic heterocycles. The molecule has 1 rings (SSSR count). The lowest BCUT2D eigenvalue weighted by Gasteiger charge is -2.36. The number of nitrogens with two attached hydrogens (primary N) is 1. The third-order valence-corrected chi connectivity index (χ3v) is 3.03. The van der Waals surface area contributed by atoms with E-state index in [-0.39, 0.29) is 11.1 Å². The van der Waals surface area contributed by atoms with E-state index in [0.717, 1.165) is 26.0 Å². The summed E-state index contributed by atoms with van der Waals surface area (Å²) in [5.41, 5.74) is 6.55. The Bertz CT molecular complexity index is 225. The highest BCUT2D eigenvalue weighted by Crippen LogP contribution is 2.27. The monoisotopic (exact) mass is 228 g/mol. The molecule has 0 bridgehead atoms. The number of hydrogen-bond acceptors (Lipinski definition) is 3. The molecule has 3 heteroatoms. The van der Waals surface area contributed by atoms with Crippen LogP contribution >= 0.6 is 0 Å². The minimum Gasteiger partial charge on any atom is -0.379 e. The lowest BCUT2D eigenvalue weighted by molar-refractivity contribution is 0.169. The topological polar surface area (TPSA) is 47.3 Å². The van der Waals surface area contributed by atoms with E-state index in [0.29, 0.717) is 12.0 Å². The summed E-state index contributed by atoms with van der Waals surface area (Å²) < 4.78 is 5.36. The van der Waals surface area contributed by atoms with Gasteiger partial charge >= 0.3 is 0 Å². The smallest absolute Gasteiger partial charge is 0.0659 e. The molecular weight excluding hydrogens is 200 g/mol. The third kappa shape index (κ3) is 4.81. The predicted molar refractivity (Wildman–Crippen MR) is 68.5 cm³/mol. The molecular formula is C13H28N2O. The minimum absolute atomic E-state index is 0.132. The molecule has 1 fully saturated rings. The highest BCUT2D eigenvalue weighted by molar-refractivity contribution is 4.94. The number of hydrogen-bond donors (Lipinski definition) is 2. The standard InChI is InChI=1S/C13H28N2O/c1-11(2,3)8-12(4,5)15-9-13(14)6-7-16-10-13/h15H,6-10,14H2,1-5H3. The highest BCUT2D eigenvalue weighted by Gasteiger charge is 2.33. The molecule has 0 spiro atoms. The summed E-state index contributed by atoms with van der Waals surface area (Å²) in [5.74, 6) is 0. The van der Waals surface area contributed by atoms with E-state index >= 15 is 0 Å². The van der Waals surface area contributed by atoms with Gasteiger partial charge in [0.1, 0.15) is 0 Å². The maximum Gasteiger partial charge on any atom is 0.0659 e. The average Bonchev–Trinajstić information content (AvgIpc) is 2.46. The molecule has 1 atom stereocenters. The van der Waals surface area contributed by atoms with Gasteiger partial charge in [0.2, 0.25) is 0 Å². The van der Waals surface area contributed by atoms with Crippen LogP contribution in [0.15, 0.2) is 0 Å². The van der Waals surface area contributed by atoms with Crippen molar-refractivity contribution < 1.29 is 4.74 Å². The van der Waals surface area contributed by atoms with E-state index in [9.17, 15) is 0 Å². The molecule has 0 aliphatic carbocycles. The molecule has 0 aromatic rings. The Hall–Kier alpha value is -0.120. The van der Waals surface area contributed by atoms with Gasteiger partial charge < -0.3 is 15.8 Å². The SMILES string of the molecule is CC(C)(C)CC(C)(C)NCC1(N)CCOC1. The fourth-order valence-electron chi connectivity index (χ4n) is 2.57. The molecule has 0 aromatic carbocycles. The summed E-state index contributed by atoms with van der Waals surface area (Å²) in [4.78, 5) is 0. The largest absolute Gasteiger partial charge is 0.379 e. The van der Waals surface area contributed by atoms with Gasteiger partial charge in [-0.3, -0.25) is 0 Å². The fraction of sp³-hybridized carbons (Fsp3) is 1.00. The molecule has 1 saturated heterocycles. The van der Waals surface area contributed by atoms with Crippen molar-refractivity contribution in [2.75, 3.05) is 19.8 Å². The van der Waals surface area contributed by atoms with Crippen LogP contribution in [0.1, 0.15) is 47.5 Å². The summed E-state index contributed by atoms with van der Waals surface area (Å²) in [6, 6.07) is 0. The van der Waals surface area contributed by atoms with E-state index < -0.39 is 0 Å². The molecule has 1 heterocycles. The molecule has 1 aliphatic heterocycles. The van der Waals surface area contributed by atoms with Gasteiger partial charge in [-0.1, -0.05) is 20.8 Å². The minimum atomic E-state index is -0.158. The maximum absolute atomic E-state index is 6.24. The van der Waals surface area contributed by atoms with Crippen LogP contribution in [0.2, 0.25) is 0 Å². The van der Waals surface area contributed by atoms with Crippen LogP contribution in [0.3, 0.4) is 0 Å². The van der Waals surface area contributed by atoms with Crippen LogP contribution in [-0.2, 0) is 4.74 Å². The van der Waals surface area contributed by atoms with Crippen molar-refractivity contribution in [2.45, 2.75) is 58.5 Å². The number of nitrogens with one attached hydrogen (secondary N) is 1. The lowest BCUT2D eigenvalue weighted by atomic mass is 9.81. The van der Waals surface area contributed by atoms with Gasteiger partial charge in [-0.25, -0.2) is 0 Å². The van der Waals surface area contributed by atoms with Gasteiger partial charge in [0.05, 0.1) is 12.1 Å². The Morgan fingerprint density at radius 1 is 1.25 bits per heavy atom. The molecule has 0 radical (unpaired) electrons. The van der Waals surface area contributed by atoms with Crippen LogP contribution in [0.4, 0.5) is 0 Å². The van der Waals surface area contributed by atoms with Gasteiger partial charge in [-0.15, -0.1) is 0 Å². The van der Waals surface area contributed by atoms with Crippen LogP contribution in [0, 0.1) is 5.41 Å². The molecule has 96 valence electrons. The van der Waals surface area contributed by atoms with Crippen molar-refractivity contribution >= 4 is 0 Å². The summed E-state index contributed by atoms with van der Waals surface area (Å²) in [6.07, 6.45) is 2.10. The summed E-state index contributed by atoms with van der Waals surface area (Å²) in [5, 5.41) is 3.59. The Balaban J connectivity index is 2.41. The summed E-state index contributed by atoms with van der Waals surface area (Å²) in [7, 11) is 0. The second kappa shape index (κ2) is 4.63. The van der Waals surface area contributed by atoms with E-state index in [2.05, 4.69) is 39.9 Å². The Kier molecular flexibility index (Phi) is 4.04. The summed E-state index contributed by atoms with van der Waals surface area (Å²) in [6.45, 7) is 13.6. The van der Waals surface area contributed by atoms with Crippen molar-refractivity contribution in [1.82, 2.24) is 5.32 Å². The van der Waals surface area contributed by atoms with Gasteiger partial charge in [0.25, 0.3) is 0 Å². The zero-order valence-electron chi connectivity index (χ0n) is 11.5. The molecule has 3 N–H and O–H groups in total. The zero-order valence-corrected chi connectivity index (χ0v) is 11.5. The number of ether oxygens (including phenoxy) is 1. The molecule has 0 saturated carbocycles. The molecule has 0 amide bonds. The van der Waals surface area contributed by atoms with E-state index in [1.165, 1.54) is 0 Å². The van der Waals surface area contributed by atoms with E-state index in [1.54, 1.807) is 0 Å². The quantitative estimate of drug-likeness (QED) is 0.772. The van der Waals surface area contributed by atoms with Crippen LogP contribution in [-0.4, -0.2) is 30.8 Å². The normalized spacial score (nSPS) is 27.4. The second-order valence-corrected chi connectivity index (χ2v) is 7.14. The van der Waals surface area contributed by atoms with Crippen LogP contribution < -0.4 is 11.1 Å². The predicted octanol–water partition coefficient (Wildman–Crippen LogP) is 1.91. The first-order chi connectivity index (χ1) is 7.12. The lowest BCUT2D eigenvalue weighted by Crippen LogP contribution is -2.55. The first kappa shape index (κ1) is 13.9. The van der Waals surface area contributed by atoms with Crippen molar-refractivity contribution in [3.8, 4) is 0 Å². The molecule has 16 heavy (non-hydrogen) atoms. The fourth-order valence-corrected chi connectivity index (χ4v) is 2.57. The number of rotatable bonds is 4. The molecule has 1 unspecified atom stereocenters. The van der Waals surface area contributed by atoms with E-state index in [4.69, 9.17) is 10.5 Å². The van der Waals surface area contributed by atoms with Gasteiger partial charge in [-0.05, 0) is 32.1 Å². The van der Waals surface area contributed by atoms with Crippen LogP contribution in [0.5, 0.6) is 0 Å². The van der Waals surface area contributed by atoms with Gasteiger partial charge in [0, 0.05) is 18.7 Å². The summed E-state index contributed by atoms with van der Waals surface area (Å²) >= 11 is 0. The third-order valence-electron chi connectivity index (χ3n) is 3.03. The van der Waals surface area contributed by atoms with E-state index in [1.807, 2.05) is 0 Å². The second-order valence-electron chi connectivity index (χ2n) is 7.14. The van der Waals surface area contributed by atoms with Crippen molar-refractivity contribution in [2.24, 2.45) is 11.1 Å². The average molecular weight is 228 g/mol. The van der Waals surface area contributed by atoms with Crippen molar-refractivity contribution in [3.05, 3.63) is 0 Å². The Morgan fingerprint density at radius 3 is 2.31 bits per heavy atom. The first-order valence-electron chi connectivity index (χ1n) is 6.24. The van der Waals surface area contributed by atoms with Gasteiger partial charge in [0.15, 0.2) is 0 Å². The Labute approximate surface area is 100 Å².